The third-order valence-electron chi connectivity index (χ3n) is 3.54. The molecule has 0 bridgehead atoms. The van der Waals surface area contributed by atoms with E-state index in [4.69, 9.17) is 44.3 Å². The van der Waals surface area contributed by atoms with Crippen molar-refractivity contribution in [2.75, 3.05) is 13.7 Å². The van der Waals surface area contributed by atoms with Gasteiger partial charge >= 0.3 is 5.97 Å². The number of benzene rings is 2. The molecule has 0 unspecified atom stereocenters. The number of carbonyl (C=O) groups is 1. The Bertz CT molecular complexity index is 686. The lowest BCUT2D eigenvalue weighted by molar-refractivity contribution is -0.142. The van der Waals surface area contributed by atoms with Crippen LogP contribution in [0.1, 0.15) is 24.3 Å². The fourth-order valence-corrected chi connectivity index (χ4v) is 3.00. The average molecular weight is 388 g/mol. The molecule has 24 heavy (non-hydrogen) atoms. The highest BCUT2D eigenvalue weighted by molar-refractivity contribution is 6.35. The van der Waals surface area contributed by atoms with Crippen LogP contribution in [0.15, 0.2) is 42.5 Å². The van der Waals surface area contributed by atoms with E-state index in [2.05, 4.69) is 0 Å². The van der Waals surface area contributed by atoms with Crippen LogP contribution < -0.4 is 4.74 Å². The molecule has 1 atom stereocenters. The van der Waals surface area contributed by atoms with E-state index in [-0.39, 0.29) is 5.97 Å². The van der Waals surface area contributed by atoms with Crippen LogP contribution in [0.3, 0.4) is 0 Å². The molecule has 0 aliphatic carbocycles. The SMILES string of the molecule is COC(=O)[C@H](CCCOc1ccc(Cl)cc1)c1ccc(Cl)cc1Cl. The van der Waals surface area contributed by atoms with Crippen molar-refractivity contribution in [2.24, 2.45) is 0 Å². The summed E-state index contributed by atoms with van der Waals surface area (Å²) in [5, 5.41) is 1.64. The first-order chi connectivity index (χ1) is 11.5. The van der Waals surface area contributed by atoms with Crippen molar-refractivity contribution in [2.45, 2.75) is 18.8 Å². The zero-order valence-electron chi connectivity index (χ0n) is 13.1. The molecular weight excluding hydrogens is 371 g/mol. The maximum atomic E-state index is 12.1. The Hall–Kier alpha value is -1.42. The second-order valence-electron chi connectivity index (χ2n) is 5.19. The Morgan fingerprint density at radius 1 is 1.04 bits per heavy atom. The van der Waals surface area contributed by atoms with Crippen molar-refractivity contribution in [3.05, 3.63) is 63.1 Å². The van der Waals surface area contributed by atoms with Crippen LogP contribution in [0.25, 0.3) is 0 Å². The molecule has 0 amide bonds. The third-order valence-corrected chi connectivity index (χ3v) is 4.36. The number of rotatable bonds is 7. The maximum absolute atomic E-state index is 12.1. The number of hydrogen-bond donors (Lipinski definition) is 0. The highest BCUT2D eigenvalue weighted by Crippen LogP contribution is 2.31. The number of hydrogen-bond acceptors (Lipinski definition) is 3. The lowest BCUT2D eigenvalue weighted by atomic mass is 9.94. The van der Waals surface area contributed by atoms with Crippen LogP contribution in [0.2, 0.25) is 15.1 Å². The first kappa shape index (κ1) is 18.9. The molecule has 2 aromatic carbocycles. The largest absolute Gasteiger partial charge is 0.494 e. The minimum absolute atomic E-state index is 0.328. The fourth-order valence-electron chi connectivity index (χ4n) is 2.33. The van der Waals surface area contributed by atoms with Gasteiger partial charge in [0.15, 0.2) is 0 Å². The molecule has 3 nitrogen and oxygen atoms in total. The summed E-state index contributed by atoms with van der Waals surface area (Å²) in [5.74, 6) is -0.0437. The van der Waals surface area contributed by atoms with Gasteiger partial charge in [-0.25, -0.2) is 0 Å². The summed E-state index contributed by atoms with van der Waals surface area (Å²) in [6.45, 7) is 0.473. The molecule has 0 aliphatic rings. The highest BCUT2D eigenvalue weighted by atomic mass is 35.5. The van der Waals surface area contributed by atoms with Crippen LogP contribution in [0.4, 0.5) is 0 Å². The molecular formula is C18H17Cl3O3. The van der Waals surface area contributed by atoms with Gasteiger partial charge in [0.25, 0.3) is 0 Å². The van der Waals surface area contributed by atoms with Crippen LogP contribution in [0, 0.1) is 0 Å². The van der Waals surface area contributed by atoms with Gasteiger partial charge in [-0.15, -0.1) is 0 Å². The van der Waals surface area contributed by atoms with Crippen LogP contribution >= 0.6 is 34.8 Å². The Morgan fingerprint density at radius 3 is 2.33 bits per heavy atom. The zero-order chi connectivity index (χ0) is 17.5. The van der Waals surface area contributed by atoms with Gasteiger partial charge in [-0.3, -0.25) is 4.79 Å². The smallest absolute Gasteiger partial charge is 0.313 e. The molecule has 2 aromatic rings. The quantitative estimate of drug-likeness (QED) is 0.447. The van der Waals surface area contributed by atoms with Crippen molar-refractivity contribution in [3.8, 4) is 5.75 Å². The number of carbonyl (C=O) groups excluding carboxylic acids is 1. The number of methoxy groups -OCH3 is 1. The van der Waals surface area contributed by atoms with Crippen LogP contribution in [-0.2, 0) is 9.53 Å². The van der Waals surface area contributed by atoms with Gasteiger partial charge in [0.2, 0.25) is 0 Å². The van der Waals surface area contributed by atoms with E-state index in [0.29, 0.717) is 40.1 Å². The number of halogens is 3. The Balaban J connectivity index is 1.96. The van der Waals surface area contributed by atoms with Crippen LogP contribution in [0.5, 0.6) is 5.75 Å². The summed E-state index contributed by atoms with van der Waals surface area (Å²) in [4.78, 5) is 12.1. The molecule has 128 valence electrons. The summed E-state index contributed by atoms with van der Waals surface area (Å²) < 4.78 is 10.5. The molecule has 0 spiro atoms. The van der Waals surface area contributed by atoms with E-state index in [1.807, 2.05) is 0 Å². The molecule has 6 heteroatoms. The van der Waals surface area contributed by atoms with Gasteiger partial charge in [0, 0.05) is 15.1 Å². The number of ether oxygens (including phenoxy) is 2. The maximum Gasteiger partial charge on any atom is 0.313 e. The van der Waals surface area contributed by atoms with Gasteiger partial charge in [-0.05, 0) is 54.8 Å². The second-order valence-corrected chi connectivity index (χ2v) is 6.47. The lowest BCUT2D eigenvalue weighted by Crippen LogP contribution is -2.16. The van der Waals surface area contributed by atoms with Crippen molar-refractivity contribution in [1.82, 2.24) is 0 Å². The summed E-state index contributed by atoms with van der Waals surface area (Å²) in [6.07, 6.45) is 1.23. The summed E-state index contributed by atoms with van der Waals surface area (Å²) in [7, 11) is 1.36. The first-order valence-corrected chi connectivity index (χ1v) is 8.56. The molecule has 0 aromatic heterocycles. The van der Waals surface area contributed by atoms with Gasteiger partial charge in [0.1, 0.15) is 5.75 Å². The molecule has 0 N–H and O–H groups in total. The van der Waals surface area contributed by atoms with Gasteiger partial charge in [0.05, 0.1) is 19.6 Å². The summed E-state index contributed by atoms with van der Waals surface area (Å²) in [6, 6.07) is 12.2. The fraction of sp³-hybridized carbons (Fsp3) is 0.278. The summed E-state index contributed by atoms with van der Waals surface area (Å²) >= 11 is 18.0. The second kappa shape index (κ2) is 9.16. The van der Waals surface area contributed by atoms with Crippen molar-refractivity contribution in [3.63, 3.8) is 0 Å². The third kappa shape index (κ3) is 5.30. The Kier molecular flexibility index (Phi) is 7.22. The Labute approximate surface area is 156 Å². The first-order valence-electron chi connectivity index (χ1n) is 7.42. The predicted molar refractivity (Wildman–Crippen MR) is 97.4 cm³/mol. The van der Waals surface area contributed by atoms with E-state index in [0.717, 1.165) is 5.75 Å². The van der Waals surface area contributed by atoms with Gasteiger partial charge in [-0.1, -0.05) is 40.9 Å². The highest BCUT2D eigenvalue weighted by Gasteiger charge is 2.23. The molecule has 0 saturated heterocycles. The van der Waals surface area contributed by atoms with E-state index in [1.54, 1.807) is 42.5 Å². The molecule has 0 fully saturated rings. The van der Waals surface area contributed by atoms with Crippen molar-refractivity contribution in [1.29, 1.82) is 0 Å². The normalized spacial score (nSPS) is 11.8. The predicted octanol–water partition coefficient (Wildman–Crippen LogP) is 5.76. The van der Waals surface area contributed by atoms with E-state index < -0.39 is 5.92 Å². The number of esters is 1. The van der Waals surface area contributed by atoms with Crippen molar-refractivity contribution >= 4 is 40.8 Å². The molecule has 0 radical (unpaired) electrons. The van der Waals surface area contributed by atoms with E-state index >= 15 is 0 Å². The molecule has 0 saturated carbocycles. The van der Waals surface area contributed by atoms with Gasteiger partial charge < -0.3 is 9.47 Å². The Morgan fingerprint density at radius 2 is 1.71 bits per heavy atom. The lowest BCUT2D eigenvalue weighted by Gasteiger charge is -2.17. The van der Waals surface area contributed by atoms with E-state index in [9.17, 15) is 4.79 Å². The zero-order valence-corrected chi connectivity index (χ0v) is 15.4. The minimum Gasteiger partial charge on any atom is -0.494 e. The topological polar surface area (TPSA) is 35.5 Å². The standard InChI is InChI=1S/C18H17Cl3O3/c1-23-18(22)16(15-9-6-13(20)11-17(15)21)3-2-10-24-14-7-4-12(19)5-8-14/h4-9,11,16H,2-3,10H2,1H3/t16-/m1/s1. The minimum atomic E-state index is -0.450. The molecule has 0 heterocycles. The van der Waals surface area contributed by atoms with Crippen LogP contribution in [-0.4, -0.2) is 19.7 Å². The average Bonchev–Trinajstić information content (AvgIpc) is 2.57. The van der Waals surface area contributed by atoms with Gasteiger partial charge in [-0.2, -0.15) is 0 Å². The molecule has 2 rings (SSSR count). The van der Waals surface area contributed by atoms with E-state index in [1.165, 1.54) is 7.11 Å². The monoisotopic (exact) mass is 386 g/mol. The molecule has 0 aliphatic heterocycles. The van der Waals surface area contributed by atoms with Crippen molar-refractivity contribution < 1.29 is 14.3 Å². The summed E-state index contributed by atoms with van der Waals surface area (Å²) in [5.41, 5.74) is 0.708.